The molecule has 3 nitrogen and oxygen atoms in total. The van der Waals surface area contributed by atoms with Gasteiger partial charge in [0.15, 0.2) is 0 Å². The van der Waals surface area contributed by atoms with Crippen LogP contribution in [-0.4, -0.2) is 37.6 Å². The van der Waals surface area contributed by atoms with Crippen molar-refractivity contribution in [1.82, 2.24) is 4.90 Å². The Balaban J connectivity index is 4.05. The number of hydrogen-bond donors (Lipinski definition) is 0. The first-order valence-electron chi connectivity index (χ1n) is 19.0. The van der Waals surface area contributed by atoms with Crippen molar-refractivity contribution in [3.05, 3.63) is 48.6 Å². The van der Waals surface area contributed by atoms with E-state index in [1.165, 1.54) is 128 Å². The number of esters is 1. The van der Waals surface area contributed by atoms with E-state index in [9.17, 15) is 4.79 Å². The third-order valence-electron chi connectivity index (χ3n) is 8.24. The smallest absolute Gasteiger partial charge is 0.306 e. The first-order valence-corrected chi connectivity index (χ1v) is 19.0. The lowest BCUT2D eigenvalue weighted by Gasteiger charge is -2.18. The van der Waals surface area contributed by atoms with Crippen LogP contribution < -0.4 is 0 Å². The van der Waals surface area contributed by atoms with Crippen LogP contribution in [0.2, 0.25) is 0 Å². The van der Waals surface area contributed by atoms with Gasteiger partial charge in [-0.1, -0.05) is 127 Å². The van der Waals surface area contributed by atoms with E-state index in [1.54, 1.807) is 0 Å². The number of unbranched alkanes of at least 4 members (excludes halogenated alkanes) is 16. The first kappa shape index (κ1) is 42.4. The van der Waals surface area contributed by atoms with Gasteiger partial charge in [-0.3, -0.25) is 4.79 Å². The van der Waals surface area contributed by atoms with Gasteiger partial charge in [-0.25, -0.2) is 0 Å². The van der Waals surface area contributed by atoms with Crippen LogP contribution in [0.3, 0.4) is 0 Å². The Morgan fingerprint density at radius 1 is 0.523 bits per heavy atom. The van der Waals surface area contributed by atoms with Crippen molar-refractivity contribution in [2.24, 2.45) is 0 Å². The van der Waals surface area contributed by atoms with Gasteiger partial charge in [0.25, 0.3) is 0 Å². The molecule has 0 saturated heterocycles. The minimum Gasteiger partial charge on any atom is -0.462 e. The van der Waals surface area contributed by atoms with E-state index in [4.69, 9.17) is 4.74 Å². The highest BCUT2D eigenvalue weighted by atomic mass is 16.5. The standard InChI is InChI=1S/C41H75NO2/c1-5-7-9-11-13-15-17-19-21-23-25-27-29-31-33-36-40(44-41(43)38-35-39-42(3)4)37-34-32-30-28-26-24-22-20-18-16-14-12-10-8-6-2/h13-16,19-22,40H,5-12,17-18,23-39H2,1-4H3/b15-13-,16-14-,21-19-,22-20-. The first-order chi connectivity index (χ1) is 21.6. The molecule has 0 aliphatic carbocycles. The zero-order valence-electron chi connectivity index (χ0n) is 30.1. The van der Waals surface area contributed by atoms with Gasteiger partial charge >= 0.3 is 5.97 Å². The van der Waals surface area contributed by atoms with Gasteiger partial charge in [0.1, 0.15) is 6.10 Å². The SMILES string of the molecule is CCCCC/C=C\C/C=C\CCCCCCCC(CCCCCCC/C=C\C/C=C\CCCCC)OC(=O)CCCN(C)C. The van der Waals surface area contributed by atoms with Gasteiger partial charge < -0.3 is 9.64 Å². The van der Waals surface area contributed by atoms with Crippen molar-refractivity contribution in [2.75, 3.05) is 20.6 Å². The molecule has 0 aromatic carbocycles. The lowest BCUT2D eigenvalue weighted by Crippen LogP contribution is -2.20. The second kappa shape index (κ2) is 35.9. The van der Waals surface area contributed by atoms with Crippen molar-refractivity contribution in [3.8, 4) is 0 Å². The third-order valence-corrected chi connectivity index (χ3v) is 8.24. The topological polar surface area (TPSA) is 29.5 Å². The number of carbonyl (C=O) groups is 1. The summed E-state index contributed by atoms with van der Waals surface area (Å²) >= 11 is 0. The van der Waals surface area contributed by atoms with Crippen molar-refractivity contribution < 1.29 is 9.53 Å². The molecule has 256 valence electrons. The zero-order chi connectivity index (χ0) is 32.2. The van der Waals surface area contributed by atoms with Gasteiger partial charge in [-0.05, 0) is 117 Å². The molecule has 0 saturated carbocycles. The Labute approximate surface area is 276 Å². The lowest BCUT2D eigenvalue weighted by atomic mass is 10.0. The summed E-state index contributed by atoms with van der Waals surface area (Å²) in [5.74, 6) is 0.00188. The van der Waals surface area contributed by atoms with E-state index in [1.807, 2.05) is 0 Å². The van der Waals surface area contributed by atoms with E-state index in [0.29, 0.717) is 6.42 Å². The Kier molecular flexibility index (Phi) is 34.6. The summed E-state index contributed by atoms with van der Waals surface area (Å²) < 4.78 is 5.98. The molecule has 0 heterocycles. The molecule has 0 aliphatic heterocycles. The minimum absolute atomic E-state index is 0.00188. The fraction of sp³-hybridized carbons (Fsp3) is 0.780. The third kappa shape index (κ3) is 34.9. The van der Waals surface area contributed by atoms with Crippen molar-refractivity contribution >= 4 is 5.97 Å². The fourth-order valence-electron chi connectivity index (χ4n) is 5.41. The summed E-state index contributed by atoms with van der Waals surface area (Å²) in [7, 11) is 4.12. The van der Waals surface area contributed by atoms with Crippen molar-refractivity contribution in [3.63, 3.8) is 0 Å². The monoisotopic (exact) mass is 614 g/mol. The molecule has 0 bridgehead atoms. The summed E-state index contributed by atoms with van der Waals surface area (Å²) in [5, 5.41) is 0. The van der Waals surface area contributed by atoms with E-state index >= 15 is 0 Å². The molecule has 0 amide bonds. The van der Waals surface area contributed by atoms with Crippen LogP contribution in [0, 0.1) is 0 Å². The van der Waals surface area contributed by atoms with Crippen LogP contribution >= 0.6 is 0 Å². The van der Waals surface area contributed by atoms with E-state index in [2.05, 4.69) is 81.5 Å². The Morgan fingerprint density at radius 2 is 0.909 bits per heavy atom. The number of hydrogen-bond acceptors (Lipinski definition) is 3. The molecule has 44 heavy (non-hydrogen) atoms. The van der Waals surface area contributed by atoms with Crippen LogP contribution in [0.5, 0.6) is 0 Å². The normalized spacial score (nSPS) is 12.4. The van der Waals surface area contributed by atoms with Gasteiger partial charge in [-0.2, -0.15) is 0 Å². The summed E-state index contributed by atoms with van der Waals surface area (Å²) in [6.07, 6.45) is 49.8. The van der Waals surface area contributed by atoms with Crippen LogP contribution in [0.1, 0.15) is 181 Å². The van der Waals surface area contributed by atoms with Crippen LogP contribution in [-0.2, 0) is 9.53 Å². The molecule has 3 heteroatoms. The maximum Gasteiger partial charge on any atom is 0.306 e. The minimum atomic E-state index is 0.00188. The number of allylic oxidation sites excluding steroid dienone is 8. The van der Waals surface area contributed by atoms with Gasteiger partial charge in [0, 0.05) is 6.42 Å². The molecule has 0 atom stereocenters. The molecule has 0 rings (SSSR count). The van der Waals surface area contributed by atoms with Gasteiger partial charge in [0.05, 0.1) is 0 Å². The Morgan fingerprint density at radius 3 is 1.32 bits per heavy atom. The molecule has 0 aliphatic rings. The summed E-state index contributed by atoms with van der Waals surface area (Å²) in [6.45, 7) is 5.46. The Bertz CT molecular complexity index is 659. The highest BCUT2D eigenvalue weighted by molar-refractivity contribution is 5.69. The molecule has 0 N–H and O–H groups in total. The number of ether oxygens (including phenoxy) is 1. The van der Waals surface area contributed by atoms with Crippen LogP contribution in [0.25, 0.3) is 0 Å². The molecule has 0 radical (unpaired) electrons. The number of rotatable bonds is 33. The maximum atomic E-state index is 12.5. The molecule has 0 spiro atoms. The summed E-state index contributed by atoms with van der Waals surface area (Å²) in [6, 6.07) is 0. The predicted molar refractivity (Wildman–Crippen MR) is 196 cm³/mol. The van der Waals surface area contributed by atoms with Gasteiger partial charge in [0.2, 0.25) is 0 Å². The quantitative estimate of drug-likeness (QED) is 0.0419. The average Bonchev–Trinajstić information content (AvgIpc) is 3.00. The molecule has 0 fully saturated rings. The molecule has 0 unspecified atom stereocenters. The fourth-order valence-corrected chi connectivity index (χ4v) is 5.41. The van der Waals surface area contributed by atoms with E-state index in [-0.39, 0.29) is 12.1 Å². The van der Waals surface area contributed by atoms with Crippen LogP contribution in [0.4, 0.5) is 0 Å². The lowest BCUT2D eigenvalue weighted by molar-refractivity contribution is -0.150. The second-order valence-electron chi connectivity index (χ2n) is 13.1. The maximum absolute atomic E-state index is 12.5. The highest BCUT2D eigenvalue weighted by Gasteiger charge is 2.14. The molecule has 0 aromatic rings. The van der Waals surface area contributed by atoms with Gasteiger partial charge in [-0.15, -0.1) is 0 Å². The molecule has 0 aromatic heterocycles. The van der Waals surface area contributed by atoms with Crippen LogP contribution in [0.15, 0.2) is 48.6 Å². The second-order valence-corrected chi connectivity index (χ2v) is 13.1. The van der Waals surface area contributed by atoms with E-state index < -0.39 is 0 Å². The number of carbonyl (C=O) groups excluding carboxylic acids is 1. The molecular weight excluding hydrogens is 538 g/mol. The summed E-state index contributed by atoms with van der Waals surface area (Å²) in [5.41, 5.74) is 0. The largest absolute Gasteiger partial charge is 0.462 e. The zero-order valence-corrected chi connectivity index (χ0v) is 30.1. The van der Waals surface area contributed by atoms with Crippen molar-refractivity contribution in [2.45, 2.75) is 187 Å². The highest BCUT2D eigenvalue weighted by Crippen LogP contribution is 2.18. The summed E-state index contributed by atoms with van der Waals surface area (Å²) in [4.78, 5) is 14.6. The van der Waals surface area contributed by atoms with Crippen molar-refractivity contribution in [1.29, 1.82) is 0 Å². The number of nitrogens with zero attached hydrogens (tertiary/aromatic N) is 1. The Hall–Kier alpha value is -1.61. The predicted octanol–water partition coefficient (Wildman–Crippen LogP) is 12.9. The van der Waals surface area contributed by atoms with E-state index in [0.717, 1.165) is 38.6 Å². The molecular formula is C41H75NO2. The average molecular weight is 614 g/mol.